The molecule has 0 aromatic heterocycles. The van der Waals surface area contributed by atoms with Crippen molar-refractivity contribution in [2.24, 2.45) is 0 Å². The number of esters is 1. The molecule has 0 aliphatic carbocycles. The van der Waals surface area contributed by atoms with E-state index in [0.717, 1.165) is 18.7 Å². The van der Waals surface area contributed by atoms with Crippen molar-refractivity contribution in [2.75, 3.05) is 32.9 Å². The van der Waals surface area contributed by atoms with Gasteiger partial charge in [-0.3, -0.25) is 9.69 Å². The van der Waals surface area contributed by atoms with Crippen LogP contribution >= 0.6 is 15.9 Å². The highest BCUT2D eigenvalue weighted by molar-refractivity contribution is 9.10. The van der Waals surface area contributed by atoms with Gasteiger partial charge in [0.05, 0.1) is 26.2 Å². The van der Waals surface area contributed by atoms with Crippen molar-refractivity contribution in [3.63, 3.8) is 0 Å². The lowest BCUT2D eigenvalue weighted by molar-refractivity contribution is -0.145. The van der Waals surface area contributed by atoms with Crippen molar-refractivity contribution in [3.05, 3.63) is 34.1 Å². The number of halogens is 2. The van der Waals surface area contributed by atoms with Crippen LogP contribution in [0, 0.1) is 5.82 Å². The first-order valence-electron chi connectivity index (χ1n) is 7.04. The second kappa shape index (κ2) is 7.87. The predicted octanol–water partition coefficient (Wildman–Crippen LogP) is 2.91. The predicted molar refractivity (Wildman–Crippen MR) is 80.5 cm³/mol. The Hall–Kier alpha value is -0.980. The number of morpholine rings is 1. The van der Waals surface area contributed by atoms with Crippen LogP contribution in [0.25, 0.3) is 0 Å². The molecular formula is C15H19BrFNO3. The molecule has 0 saturated carbocycles. The van der Waals surface area contributed by atoms with Crippen LogP contribution in [0.15, 0.2) is 22.7 Å². The van der Waals surface area contributed by atoms with Gasteiger partial charge in [0.25, 0.3) is 0 Å². The van der Waals surface area contributed by atoms with Crippen LogP contribution in [0.5, 0.6) is 0 Å². The standard InChI is InChI=1S/C15H19BrFNO3/c1-2-21-15(19)10-14(18-5-7-20-8-6-18)12-4-3-11(17)9-13(12)16/h3-4,9,14H,2,5-8,10H2,1H3. The molecule has 1 aliphatic heterocycles. The molecule has 116 valence electrons. The number of hydrogen-bond donors (Lipinski definition) is 0. The Morgan fingerprint density at radius 3 is 2.81 bits per heavy atom. The van der Waals surface area contributed by atoms with Crippen LogP contribution in [0.4, 0.5) is 4.39 Å². The fourth-order valence-corrected chi connectivity index (χ4v) is 3.09. The number of carbonyl (C=O) groups is 1. The van der Waals surface area contributed by atoms with Crippen molar-refractivity contribution in [2.45, 2.75) is 19.4 Å². The molecular weight excluding hydrogens is 341 g/mol. The van der Waals surface area contributed by atoms with E-state index in [4.69, 9.17) is 9.47 Å². The lowest BCUT2D eigenvalue weighted by Crippen LogP contribution is -2.40. The van der Waals surface area contributed by atoms with Crippen molar-refractivity contribution >= 4 is 21.9 Å². The van der Waals surface area contributed by atoms with E-state index in [1.165, 1.54) is 12.1 Å². The molecule has 1 atom stereocenters. The van der Waals surface area contributed by atoms with Gasteiger partial charge in [0.15, 0.2) is 0 Å². The highest BCUT2D eigenvalue weighted by Crippen LogP contribution is 2.32. The van der Waals surface area contributed by atoms with E-state index in [2.05, 4.69) is 20.8 Å². The van der Waals surface area contributed by atoms with Gasteiger partial charge in [-0.05, 0) is 24.6 Å². The van der Waals surface area contributed by atoms with Crippen molar-refractivity contribution in [1.82, 2.24) is 4.90 Å². The van der Waals surface area contributed by atoms with Crippen LogP contribution in [-0.4, -0.2) is 43.8 Å². The Balaban J connectivity index is 2.23. The van der Waals surface area contributed by atoms with Gasteiger partial charge in [0, 0.05) is 23.6 Å². The molecule has 4 nitrogen and oxygen atoms in total. The molecule has 1 aromatic carbocycles. The molecule has 21 heavy (non-hydrogen) atoms. The van der Waals surface area contributed by atoms with E-state index < -0.39 is 0 Å². The Labute approximate surface area is 132 Å². The highest BCUT2D eigenvalue weighted by atomic mass is 79.9. The molecule has 0 N–H and O–H groups in total. The minimum atomic E-state index is -0.303. The molecule has 0 spiro atoms. The molecule has 1 saturated heterocycles. The Morgan fingerprint density at radius 2 is 2.19 bits per heavy atom. The van der Waals surface area contributed by atoms with Gasteiger partial charge in [-0.15, -0.1) is 0 Å². The van der Waals surface area contributed by atoms with E-state index >= 15 is 0 Å². The third-order valence-corrected chi connectivity index (χ3v) is 4.16. The maximum atomic E-state index is 13.3. The van der Waals surface area contributed by atoms with Crippen LogP contribution in [0.2, 0.25) is 0 Å². The van der Waals surface area contributed by atoms with Gasteiger partial charge >= 0.3 is 5.97 Å². The molecule has 0 bridgehead atoms. The van der Waals surface area contributed by atoms with Gasteiger partial charge in [-0.1, -0.05) is 22.0 Å². The number of ether oxygens (including phenoxy) is 2. The zero-order chi connectivity index (χ0) is 15.2. The first-order valence-corrected chi connectivity index (χ1v) is 7.83. The fraction of sp³-hybridized carbons (Fsp3) is 0.533. The SMILES string of the molecule is CCOC(=O)CC(c1ccc(F)cc1Br)N1CCOCC1. The maximum Gasteiger partial charge on any atom is 0.307 e. The van der Waals surface area contributed by atoms with E-state index in [-0.39, 0.29) is 24.2 Å². The molecule has 6 heteroatoms. The first-order chi connectivity index (χ1) is 10.1. The van der Waals surface area contributed by atoms with E-state index in [1.54, 1.807) is 13.0 Å². The minimum Gasteiger partial charge on any atom is -0.466 e. The van der Waals surface area contributed by atoms with Crippen LogP contribution in [-0.2, 0) is 14.3 Å². The summed E-state index contributed by atoms with van der Waals surface area (Å²) in [5, 5.41) is 0. The number of benzene rings is 1. The molecule has 0 amide bonds. The van der Waals surface area contributed by atoms with Gasteiger partial charge in [-0.2, -0.15) is 0 Å². The third-order valence-electron chi connectivity index (χ3n) is 3.47. The summed E-state index contributed by atoms with van der Waals surface area (Å²) in [6.07, 6.45) is 0.248. The third kappa shape index (κ3) is 4.49. The Bertz CT molecular complexity index is 492. The van der Waals surface area contributed by atoms with Gasteiger partial charge < -0.3 is 9.47 Å². The van der Waals surface area contributed by atoms with Crippen LogP contribution in [0.1, 0.15) is 24.9 Å². The second-order valence-corrected chi connectivity index (χ2v) is 5.69. The molecule has 1 aliphatic rings. The summed E-state index contributed by atoms with van der Waals surface area (Å²) in [5.74, 6) is -0.548. The summed E-state index contributed by atoms with van der Waals surface area (Å²) in [4.78, 5) is 14.1. The highest BCUT2D eigenvalue weighted by Gasteiger charge is 2.27. The summed E-state index contributed by atoms with van der Waals surface area (Å²) in [5.41, 5.74) is 0.895. The van der Waals surface area contributed by atoms with E-state index in [9.17, 15) is 9.18 Å². The van der Waals surface area contributed by atoms with E-state index in [0.29, 0.717) is 24.3 Å². The summed E-state index contributed by atoms with van der Waals surface area (Å²) in [6, 6.07) is 4.42. The van der Waals surface area contributed by atoms with Crippen molar-refractivity contribution < 1.29 is 18.7 Å². The van der Waals surface area contributed by atoms with E-state index in [1.807, 2.05) is 0 Å². The average molecular weight is 360 g/mol. The summed E-state index contributed by atoms with van der Waals surface area (Å²) in [7, 11) is 0. The monoisotopic (exact) mass is 359 g/mol. The quantitative estimate of drug-likeness (QED) is 0.757. The van der Waals surface area contributed by atoms with Crippen LogP contribution < -0.4 is 0 Å². The molecule has 2 rings (SSSR count). The number of carbonyl (C=O) groups excluding carboxylic acids is 1. The Kier molecular flexibility index (Phi) is 6.14. The molecule has 1 heterocycles. The maximum absolute atomic E-state index is 13.3. The normalized spacial score (nSPS) is 17.5. The number of hydrogen-bond acceptors (Lipinski definition) is 4. The zero-order valence-corrected chi connectivity index (χ0v) is 13.6. The second-order valence-electron chi connectivity index (χ2n) is 4.84. The molecule has 1 unspecified atom stereocenters. The Morgan fingerprint density at radius 1 is 1.48 bits per heavy atom. The summed E-state index contributed by atoms with van der Waals surface area (Å²) in [6.45, 7) is 4.91. The van der Waals surface area contributed by atoms with Gasteiger partial charge in [0.2, 0.25) is 0 Å². The van der Waals surface area contributed by atoms with Gasteiger partial charge in [-0.25, -0.2) is 4.39 Å². The number of rotatable bonds is 5. The smallest absolute Gasteiger partial charge is 0.307 e. The van der Waals surface area contributed by atoms with Crippen molar-refractivity contribution in [1.29, 1.82) is 0 Å². The molecule has 1 fully saturated rings. The lowest BCUT2D eigenvalue weighted by atomic mass is 10.0. The lowest BCUT2D eigenvalue weighted by Gasteiger charge is -2.34. The largest absolute Gasteiger partial charge is 0.466 e. The fourth-order valence-electron chi connectivity index (χ4n) is 2.47. The van der Waals surface area contributed by atoms with Crippen molar-refractivity contribution in [3.8, 4) is 0 Å². The summed E-state index contributed by atoms with van der Waals surface area (Å²) >= 11 is 3.39. The summed E-state index contributed by atoms with van der Waals surface area (Å²) < 4.78 is 24.4. The topological polar surface area (TPSA) is 38.8 Å². The first kappa shape index (κ1) is 16.4. The molecule has 1 aromatic rings. The molecule has 0 radical (unpaired) electrons. The zero-order valence-electron chi connectivity index (χ0n) is 12.0. The minimum absolute atomic E-state index is 0.136. The van der Waals surface area contributed by atoms with Gasteiger partial charge in [0.1, 0.15) is 5.82 Å². The average Bonchev–Trinajstić information content (AvgIpc) is 2.47. The number of nitrogens with zero attached hydrogens (tertiary/aromatic N) is 1. The van der Waals surface area contributed by atoms with Crippen LogP contribution in [0.3, 0.4) is 0 Å².